The van der Waals surface area contributed by atoms with Crippen molar-refractivity contribution in [3.63, 3.8) is 0 Å². The maximum absolute atomic E-state index is 9.75. The molecular formula is C7H7BF4N3U-. The van der Waals surface area contributed by atoms with Crippen LogP contribution in [0.15, 0.2) is 24.3 Å². The summed E-state index contributed by atoms with van der Waals surface area (Å²) in [5.41, 5.74) is 2.22. The van der Waals surface area contributed by atoms with Crippen molar-refractivity contribution in [2.24, 2.45) is 0 Å². The molecule has 1 aromatic heterocycles. The van der Waals surface area contributed by atoms with Crippen LogP contribution in [0.1, 0.15) is 0 Å². The Hall–Kier alpha value is -0.543. The van der Waals surface area contributed by atoms with E-state index in [1.54, 1.807) is 0 Å². The Bertz CT molecular complexity index is 452. The van der Waals surface area contributed by atoms with E-state index in [4.69, 9.17) is 0 Å². The Labute approximate surface area is 104 Å². The van der Waals surface area contributed by atoms with Crippen molar-refractivity contribution in [2.45, 2.75) is 3.96 Å². The van der Waals surface area contributed by atoms with Crippen molar-refractivity contribution in [3.05, 3.63) is 24.3 Å². The zero-order valence-electron chi connectivity index (χ0n) is 8.24. The van der Waals surface area contributed by atoms with Gasteiger partial charge in [0.05, 0.1) is 0 Å². The van der Waals surface area contributed by atoms with Gasteiger partial charge in [-0.05, 0) is 0 Å². The van der Waals surface area contributed by atoms with Crippen molar-refractivity contribution in [1.82, 2.24) is 12.3 Å². The molecule has 0 aliphatic carbocycles. The van der Waals surface area contributed by atoms with Crippen LogP contribution in [0.3, 0.4) is 0 Å². The second kappa shape index (κ2) is 5.69. The predicted octanol–water partition coefficient (Wildman–Crippen LogP) is 2.63. The first-order valence-electron chi connectivity index (χ1n) is 4.27. The molecule has 0 atom stereocenters. The van der Waals surface area contributed by atoms with Gasteiger partial charge in [0.1, 0.15) is 0 Å². The number of nitrogens with zero attached hydrogens (tertiary/aromatic N) is 3. The van der Waals surface area contributed by atoms with Crippen molar-refractivity contribution < 1.29 is 45.3 Å². The van der Waals surface area contributed by atoms with Crippen LogP contribution in [-0.4, -0.2) is 19.6 Å². The summed E-state index contributed by atoms with van der Waals surface area (Å²) in [7, 11) is -6.00. The molecule has 0 radical (unpaired) electrons. The van der Waals surface area contributed by atoms with Crippen molar-refractivity contribution >= 4 is 18.3 Å². The van der Waals surface area contributed by atoms with E-state index >= 15 is 0 Å². The van der Waals surface area contributed by atoms with E-state index in [2.05, 4.69) is 22.4 Å². The van der Waals surface area contributed by atoms with Crippen molar-refractivity contribution in [1.29, 1.82) is 0 Å². The summed E-state index contributed by atoms with van der Waals surface area (Å²) >= 11 is -0.813. The number of hydrogen-bond acceptors (Lipinski definition) is 2. The first-order valence-corrected chi connectivity index (χ1v) is 10.3. The summed E-state index contributed by atoms with van der Waals surface area (Å²) in [6, 6.07) is 8.10. The third-order valence-corrected chi connectivity index (χ3v) is 4.70. The Balaban J connectivity index is 0.000000221. The molecule has 1 aromatic carbocycles. The molecule has 0 N–H and O–H groups in total. The van der Waals surface area contributed by atoms with Crippen LogP contribution in [0.4, 0.5) is 17.3 Å². The second-order valence-corrected chi connectivity index (χ2v) is 6.33. The standard InChI is InChI=1S/C6H4N3.CH3.BF4.U/c1-2-4-6-5(3-1)7-9-8-6;;2-1(3,4)5;/h1-4H;1H3;;/q-1;;-1;+1. The maximum atomic E-state index is 9.75. The van der Waals surface area contributed by atoms with E-state index in [1.807, 2.05) is 18.2 Å². The second-order valence-electron chi connectivity index (χ2n) is 2.71. The fourth-order valence-electron chi connectivity index (χ4n) is 1.03. The summed E-state index contributed by atoms with van der Waals surface area (Å²) < 4.78 is 43.4. The summed E-state index contributed by atoms with van der Waals surface area (Å²) in [4.78, 5) is 0. The normalized spacial score (nSPS) is 10.6. The molecular weight excluding hydrogens is 451 g/mol. The first-order chi connectivity index (χ1) is 7.42. The molecule has 2 rings (SSSR count). The molecule has 0 aliphatic heterocycles. The minimum atomic E-state index is -6.00. The molecule has 0 aliphatic rings. The third-order valence-electron chi connectivity index (χ3n) is 1.56. The van der Waals surface area contributed by atoms with Gasteiger partial charge in [-0.3, -0.25) is 0 Å². The van der Waals surface area contributed by atoms with Gasteiger partial charge >= 0.3 is 86.9 Å². The minimum absolute atomic E-state index is 0.813. The van der Waals surface area contributed by atoms with Crippen LogP contribution in [0.5, 0.6) is 0 Å². The van der Waals surface area contributed by atoms with Crippen molar-refractivity contribution in [2.75, 3.05) is 0 Å². The van der Waals surface area contributed by atoms with Crippen LogP contribution < -0.4 is 0 Å². The van der Waals surface area contributed by atoms with Crippen LogP contribution >= 0.6 is 0 Å². The van der Waals surface area contributed by atoms with E-state index in [1.165, 1.54) is 5.52 Å². The topological polar surface area (TPSA) is 30.7 Å². The van der Waals surface area contributed by atoms with E-state index in [9.17, 15) is 17.3 Å². The average molecular weight is 458 g/mol. The van der Waals surface area contributed by atoms with Crippen LogP contribution in [0, 0.1) is 28.1 Å². The molecule has 9 heteroatoms. The van der Waals surface area contributed by atoms with Gasteiger partial charge in [0, 0.05) is 0 Å². The summed E-state index contributed by atoms with van der Waals surface area (Å²) in [6.07, 6.45) is 0. The van der Waals surface area contributed by atoms with Gasteiger partial charge in [-0.25, -0.2) is 0 Å². The van der Waals surface area contributed by atoms with Crippen LogP contribution in [0.25, 0.3) is 11.0 Å². The van der Waals surface area contributed by atoms with Gasteiger partial charge < -0.3 is 17.3 Å². The molecule has 0 amide bonds. The number of hydrogen-bond donors (Lipinski definition) is 0. The van der Waals surface area contributed by atoms with Crippen molar-refractivity contribution in [3.8, 4) is 0 Å². The molecule has 2 aromatic rings. The van der Waals surface area contributed by atoms with Gasteiger partial charge in [0.15, 0.2) is 0 Å². The van der Waals surface area contributed by atoms with Gasteiger partial charge in [-0.1, -0.05) is 0 Å². The molecule has 0 unspecified atom stereocenters. The Morgan fingerprint density at radius 1 is 1.19 bits per heavy atom. The molecule has 0 saturated carbocycles. The van der Waals surface area contributed by atoms with E-state index in [0.717, 1.165) is 5.52 Å². The number of halogens is 4. The van der Waals surface area contributed by atoms with Crippen LogP contribution in [-0.2, 0) is 0 Å². The Morgan fingerprint density at radius 3 is 2.31 bits per heavy atom. The molecule has 0 bridgehead atoms. The molecule has 0 saturated heterocycles. The monoisotopic (exact) mass is 458 g/mol. The SMILES string of the molecule is F[B-](F)(F)F.[CH3][U][n]1nnc2ccccc21. The predicted molar refractivity (Wildman–Crippen MR) is 49.0 cm³/mol. The van der Waals surface area contributed by atoms with E-state index in [-0.39, 0.29) is 0 Å². The average Bonchev–Trinajstić information content (AvgIpc) is 2.58. The molecule has 86 valence electrons. The summed E-state index contributed by atoms with van der Waals surface area (Å²) in [5, 5.41) is 8.13. The van der Waals surface area contributed by atoms with Gasteiger partial charge in [0.25, 0.3) is 0 Å². The molecule has 16 heavy (non-hydrogen) atoms. The first kappa shape index (κ1) is 13.5. The Kier molecular flexibility index (Phi) is 4.81. The number of rotatable bonds is 1. The molecule has 3 nitrogen and oxygen atoms in total. The Morgan fingerprint density at radius 2 is 1.75 bits per heavy atom. The number of benzene rings is 1. The molecule has 0 fully saturated rings. The van der Waals surface area contributed by atoms with Gasteiger partial charge in [-0.2, -0.15) is 0 Å². The molecule has 1 heterocycles. The summed E-state index contributed by atoms with van der Waals surface area (Å²) in [5.74, 6) is 0. The number of fused-ring (bicyclic) bond motifs is 1. The van der Waals surface area contributed by atoms with E-state index in [0.29, 0.717) is 0 Å². The third kappa shape index (κ3) is 4.54. The number of aromatic nitrogens is 3. The fraction of sp³-hybridized carbons (Fsp3) is 0.143. The van der Waals surface area contributed by atoms with E-state index < -0.39 is 35.3 Å². The van der Waals surface area contributed by atoms with Gasteiger partial charge in [0.2, 0.25) is 0 Å². The van der Waals surface area contributed by atoms with Crippen LogP contribution in [0.2, 0.25) is 3.96 Å². The van der Waals surface area contributed by atoms with Gasteiger partial charge in [-0.15, -0.1) is 0 Å². The zero-order chi connectivity index (χ0) is 12.2. The zero-order valence-corrected chi connectivity index (χ0v) is 12.4. The number of para-hydroxylation sites is 1. The quantitative estimate of drug-likeness (QED) is 0.487. The fourth-order valence-corrected chi connectivity index (χ4v) is 3.38. The molecule has 0 spiro atoms. The summed E-state index contributed by atoms with van der Waals surface area (Å²) in [6.45, 7) is 0.